The molecule has 0 saturated carbocycles. The summed E-state index contributed by atoms with van der Waals surface area (Å²) in [5.41, 5.74) is 0.609. The second kappa shape index (κ2) is 9.35. The largest absolute Gasteiger partial charge is 0.434 e. The number of nitrogens with one attached hydrogen (secondary N) is 1. The van der Waals surface area contributed by atoms with E-state index in [0.717, 1.165) is 0 Å². The molecule has 1 amide bonds. The number of alkyl halides is 2. The third-order valence-electron chi connectivity index (χ3n) is 3.12. The van der Waals surface area contributed by atoms with E-state index in [9.17, 15) is 13.6 Å². The number of benzene rings is 2. The topological polar surface area (TPSA) is 59.9 Å². The number of hydrogen-bond acceptors (Lipinski definition) is 4. The van der Waals surface area contributed by atoms with Gasteiger partial charge >= 0.3 is 6.61 Å². The fourth-order valence-corrected chi connectivity index (χ4v) is 2.20. The Bertz CT molecular complexity index is 803. The molecule has 2 rings (SSSR count). The SMILES string of the molecule is CC(ON=Cc1ccccc1OC(F)F)C(=O)Nc1cccc(Cl)c1Cl. The van der Waals surface area contributed by atoms with Crippen LogP contribution in [0.5, 0.6) is 5.75 Å². The number of carbonyl (C=O) groups is 1. The monoisotopic (exact) mass is 402 g/mol. The van der Waals surface area contributed by atoms with E-state index in [-0.39, 0.29) is 16.3 Å². The molecule has 0 aromatic heterocycles. The normalized spacial score (nSPS) is 12.2. The second-order valence-electron chi connectivity index (χ2n) is 4.99. The number of anilines is 1. The first-order valence-electron chi connectivity index (χ1n) is 7.36. The highest BCUT2D eigenvalue weighted by atomic mass is 35.5. The minimum absolute atomic E-state index is 0.0577. The van der Waals surface area contributed by atoms with Gasteiger partial charge in [0.2, 0.25) is 6.10 Å². The van der Waals surface area contributed by atoms with E-state index in [0.29, 0.717) is 10.7 Å². The summed E-state index contributed by atoms with van der Waals surface area (Å²) in [4.78, 5) is 17.1. The van der Waals surface area contributed by atoms with Crippen molar-refractivity contribution in [1.29, 1.82) is 0 Å². The van der Waals surface area contributed by atoms with Gasteiger partial charge in [-0.15, -0.1) is 0 Å². The van der Waals surface area contributed by atoms with Gasteiger partial charge in [-0.05, 0) is 31.2 Å². The Morgan fingerprint density at radius 1 is 1.19 bits per heavy atom. The van der Waals surface area contributed by atoms with Gasteiger partial charge in [-0.2, -0.15) is 8.78 Å². The van der Waals surface area contributed by atoms with Gasteiger partial charge in [0.15, 0.2) is 0 Å². The molecule has 0 aliphatic rings. The zero-order valence-corrected chi connectivity index (χ0v) is 15.0. The van der Waals surface area contributed by atoms with Crippen LogP contribution < -0.4 is 10.1 Å². The molecule has 5 nitrogen and oxygen atoms in total. The Balaban J connectivity index is 1.98. The maximum atomic E-state index is 12.4. The highest BCUT2D eigenvalue weighted by molar-refractivity contribution is 6.44. The van der Waals surface area contributed by atoms with Gasteiger partial charge in [-0.25, -0.2) is 0 Å². The van der Waals surface area contributed by atoms with E-state index in [1.165, 1.54) is 25.3 Å². The van der Waals surface area contributed by atoms with Crippen LogP contribution in [0.3, 0.4) is 0 Å². The van der Waals surface area contributed by atoms with Crippen molar-refractivity contribution < 1.29 is 23.1 Å². The molecule has 0 heterocycles. The zero-order chi connectivity index (χ0) is 19.1. The first-order valence-corrected chi connectivity index (χ1v) is 8.12. The number of halogens is 4. The minimum atomic E-state index is -2.96. The van der Waals surface area contributed by atoms with E-state index >= 15 is 0 Å². The maximum absolute atomic E-state index is 12.4. The number of carbonyl (C=O) groups excluding carboxylic acids is 1. The van der Waals surface area contributed by atoms with Gasteiger partial charge in [-0.1, -0.05) is 46.6 Å². The quantitative estimate of drug-likeness (QED) is 0.525. The molecule has 0 bridgehead atoms. The number of ether oxygens (including phenoxy) is 1. The summed E-state index contributed by atoms with van der Waals surface area (Å²) in [6.45, 7) is -1.50. The van der Waals surface area contributed by atoms with Crippen molar-refractivity contribution in [2.45, 2.75) is 19.6 Å². The Kier molecular flexibility index (Phi) is 7.17. The Hall–Kier alpha value is -2.38. The third-order valence-corrected chi connectivity index (χ3v) is 3.94. The molecular weight excluding hydrogens is 389 g/mol. The first-order chi connectivity index (χ1) is 12.4. The van der Waals surface area contributed by atoms with Crippen molar-refractivity contribution in [3.8, 4) is 5.75 Å². The molecule has 26 heavy (non-hydrogen) atoms. The van der Waals surface area contributed by atoms with Crippen LogP contribution in [0.25, 0.3) is 0 Å². The molecule has 2 aromatic carbocycles. The molecule has 0 aliphatic carbocycles. The van der Waals surface area contributed by atoms with E-state index in [1.54, 1.807) is 30.3 Å². The standard InChI is InChI=1S/C17H14Cl2F2N2O3/c1-10(16(24)23-13-7-4-6-12(18)15(13)19)26-22-9-11-5-2-3-8-14(11)25-17(20)21/h2-10,17H,1H3,(H,23,24). The summed E-state index contributed by atoms with van der Waals surface area (Å²) >= 11 is 11.9. The van der Waals surface area contributed by atoms with Crippen LogP contribution in [0.15, 0.2) is 47.6 Å². The summed E-state index contributed by atoms with van der Waals surface area (Å²) in [5, 5.41) is 6.70. The van der Waals surface area contributed by atoms with Crippen LogP contribution in [-0.4, -0.2) is 24.8 Å². The van der Waals surface area contributed by atoms with Crippen LogP contribution in [0.1, 0.15) is 12.5 Å². The molecule has 1 atom stereocenters. The van der Waals surface area contributed by atoms with Crippen molar-refractivity contribution >= 4 is 41.0 Å². The molecular formula is C17H14Cl2F2N2O3. The van der Waals surface area contributed by atoms with Crippen LogP contribution in [0.2, 0.25) is 10.0 Å². The number of oxime groups is 1. The molecule has 9 heteroatoms. The number of nitrogens with zero attached hydrogens (tertiary/aromatic N) is 1. The highest BCUT2D eigenvalue weighted by Crippen LogP contribution is 2.29. The summed E-state index contributed by atoms with van der Waals surface area (Å²) in [6.07, 6.45) is 0.206. The van der Waals surface area contributed by atoms with Gasteiger partial charge < -0.3 is 14.9 Å². The second-order valence-corrected chi connectivity index (χ2v) is 5.77. The van der Waals surface area contributed by atoms with E-state index in [4.69, 9.17) is 28.0 Å². The summed E-state index contributed by atoms with van der Waals surface area (Å²) in [7, 11) is 0. The molecule has 2 aromatic rings. The fourth-order valence-electron chi connectivity index (χ4n) is 1.85. The van der Waals surface area contributed by atoms with E-state index in [2.05, 4.69) is 15.2 Å². The lowest BCUT2D eigenvalue weighted by Crippen LogP contribution is -2.26. The highest BCUT2D eigenvalue weighted by Gasteiger charge is 2.16. The third kappa shape index (κ3) is 5.57. The molecule has 0 fully saturated rings. The van der Waals surface area contributed by atoms with Gasteiger partial charge in [0.1, 0.15) is 5.75 Å². The van der Waals surface area contributed by atoms with Crippen molar-refractivity contribution in [3.05, 3.63) is 58.1 Å². The molecule has 0 radical (unpaired) electrons. The molecule has 138 valence electrons. The van der Waals surface area contributed by atoms with Crippen molar-refractivity contribution in [2.24, 2.45) is 5.16 Å². The van der Waals surface area contributed by atoms with Gasteiger partial charge in [0.25, 0.3) is 5.91 Å². The van der Waals surface area contributed by atoms with E-state index < -0.39 is 18.6 Å². The van der Waals surface area contributed by atoms with Crippen LogP contribution >= 0.6 is 23.2 Å². The molecule has 1 N–H and O–H groups in total. The van der Waals surface area contributed by atoms with E-state index in [1.807, 2.05) is 0 Å². The lowest BCUT2D eigenvalue weighted by atomic mass is 10.2. The smallest absolute Gasteiger partial charge is 0.387 e. The predicted octanol–water partition coefficient (Wildman–Crippen LogP) is 4.97. The Morgan fingerprint density at radius 2 is 1.92 bits per heavy atom. The minimum Gasteiger partial charge on any atom is -0.434 e. The van der Waals surface area contributed by atoms with Crippen LogP contribution in [0, 0.1) is 0 Å². The summed E-state index contributed by atoms with van der Waals surface area (Å²) < 4.78 is 29.1. The van der Waals surface area contributed by atoms with Crippen LogP contribution in [0.4, 0.5) is 14.5 Å². The van der Waals surface area contributed by atoms with Crippen LogP contribution in [-0.2, 0) is 9.63 Å². The summed E-state index contributed by atoms with van der Waals surface area (Å²) in [5.74, 6) is -0.568. The average Bonchev–Trinajstić information content (AvgIpc) is 2.59. The molecule has 0 saturated heterocycles. The first kappa shape index (κ1) is 19.9. The van der Waals surface area contributed by atoms with Crippen molar-refractivity contribution in [2.75, 3.05) is 5.32 Å². The van der Waals surface area contributed by atoms with Crippen molar-refractivity contribution in [1.82, 2.24) is 0 Å². The predicted molar refractivity (Wildman–Crippen MR) is 96.3 cm³/mol. The number of para-hydroxylation sites is 1. The molecule has 0 spiro atoms. The van der Waals surface area contributed by atoms with Gasteiger partial charge in [-0.3, -0.25) is 4.79 Å². The zero-order valence-electron chi connectivity index (χ0n) is 13.5. The maximum Gasteiger partial charge on any atom is 0.387 e. The Morgan fingerprint density at radius 3 is 2.65 bits per heavy atom. The van der Waals surface area contributed by atoms with Gasteiger partial charge in [0, 0.05) is 5.56 Å². The Labute approximate surface area is 158 Å². The molecule has 1 unspecified atom stereocenters. The van der Waals surface area contributed by atoms with Crippen molar-refractivity contribution in [3.63, 3.8) is 0 Å². The number of rotatable bonds is 7. The summed E-state index contributed by atoms with van der Waals surface area (Å²) in [6, 6.07) is 10.8. The lowest BCUT2D eigenvalue weighted by molar-refractivity contribution is -0.126. The average molecular weight is 403 g/mol. The molecule has 0 aliphatic heterocycles. The van der Waals surface area contributed by atoms with Gasteiger partial charge in [0.05, 0.1) is 21.9 Å². The number of amides is 1. The number of hydrogen-bond donors (Lipinski definition) is 1. The fraction of sp³-hybridized carbons (Fsp3) is 0.176. The lowest BCUT2D eigenvalue weighted by Gasteiger charge is -2.12.